The maximum absolute atomic E-state index is 12.5. The van der Waals surface area contributed by atoms with Crippen LogP contribution in [-0.2, 0) is 4.79 Å². The van der Waals surface area contributed by atoms with E-state index >= 15 is 0 Å². The molecule has 0 aliphatic heterocycles. The van der Waals surface area contributed by atoms with Gasteiger partial charge in [0.05, 0.1) is 23.7 Å². The molecule has 0 aromatic heterocycles. The summed E-state index contributed by atoms with van der Waals surface area (Å²) in [5, 5.41) is 43.2. The Bertz CT molecular complexity index is 911. The van der Waals surface area contributed by atoms with Crippen molar-refractivity contribution < 1.29 is 25.2 Å². The first kappa shape index (κ1) is 26.9. The van der Waals surface area contributed by atoms with E-state index in [0.717, 1.165) is 44.9 Å². The number of carbonyl (C=O) groups is 1. The van der Waals surface area contributed by atoms with Gasteiger partial charge in [0.1, 0.15) is 0 Å². The van der Waals surface area contributed by atoms with Crippen LogP contribution in [0.5, 0.6) is 0 Å². The quantitative estimate of drug-likeness (QED) is 0.388. The highest BCUT2D eigenvalue weighted by molar-refractivity contribution is 5.76. The lowest BCUT2D eigenvalue weighted by Crippen LogP contribution is -2.63. The molecule has 5 heteroatoms. The molecule has 0 bridgehead atoms. The van der Waals surface area contributed by atoms with Gasteiger partial charge in [0.15, 0.2) is 0 Å². The molecule has 5 nitrogen and oxygen atoms in total. The topological polar surface area (TPSA) is 98.0 Å². The summed E-state index contributed by atoms with van der Waals surface area (Å²) in [5.41, 5.74) is -1.13. The molecule has 0 unspecified atom stereocenters. The number of rotatable bonds is 5. The zero-order valence-corrected chi connectivity index (χ0v) is 23.8. The highest BCUT2D eigenvalue weighted by atomic mass is 16.4. The van der Waals surface area contributed by atoms with Gasteiger partial charge in [-0.15, -0.1) is 0 Å². The van der Waals surface area contributed by atoms with E-state index in [9.17, 15) is 25.2 Å². The number of aliphatic hydroxyl groups is 3. The van der Waals surface area contributed by atoms with Gasteiger partial charge in [-0.2, -0.15) is 0 Å². The fourth-order valence-electron chi connectivity index (χ4n) is 11.4. The number of hydrogen-bond acceptors (Lipinski definition) is 4. The van der Waals surface area contributed by atoms with Crippen molar-refractivity contribution in [2.45, 2.75) is 131 Å². The maximum Gasteiger partial charge on any atom is 0.312 e. The average Bonchev–Trinajstić information content (AvgIpc) is 3.40. The fourth-order valence-corrected chi connectivity index (χ4v) is 11.4. The van der Waals surface area contributed by atoms with Gasteiger partial charge < -0.3 is 20.4 Å². The van der Waals surface area contributed by atoms with Crippen LogP contribution in [0.15, 0.2) is 0 Å². The second-order valence-electron chi connectivity index (χ2n) is 15.8. The maximum atomic E-state index is 12.5. The molecular formula is C31H52O5. The molecule has 12 atom stereocenters. The first-order valence-corrected chi connectivity index (χ1v) is 14.8. The van der Waals surface area contributed by atoms with Crippen molar-refractivity contribution >= 4 is 5.97 Å². The Morgan fingerprint density at radius 3 is 2.17 bits per heavy atom. The third-order valence-electron chi connectivity index (χ3n) is 13.9. The van der Waals surface area contributed by atoms with Crippen molar-refractivity contribution in [2.75, 3.05) is 0 Å². The summed E-state index contributed by atoms with van der Waals surface area (Å²) in [6.45, 7) is 15.6. The second-order valence-corrected chi connectivity index (χ2v) is 15.8. The first-order chi connectivity index (χ1) is 16.5. The number of fused-ring (bicyclic) bond motifs is 2. The van der Waals surface area contributed by atoms with Crippen molar-refractivity contribution in [3.8, 4) is 0 Å². The SMILES string of the molecule is C[C@H](CC[C@@H](O)C(C)(C)C)[C@H]1CC[C@@]2(C)[C@@H]3CC[C@H]4[C@](C)(C(=O)O)[C@@H](O)C[C@H](O)[C@@]45C[C@@]35CC[C@]12C. The molecule has 0 saturated heterocycles. The normalized spacial score (nSPS) is 53.4. The summed E-state index contributed by atoms with van der Waals surface area (Å²) in [6, 6.07) is 0. The summed E-state index contributed by atoms with van der Waals surface area (Å²) in [4.78, 5) is 12.5. The zero-order chi connectivity index (χ0) is 26.7. The zero-order valence-electron chi connectivity index (χ0n) is 23.8. The van der Waals surface area contributed by atoms with Crippen LogP contribution in [0.2, 0.25) is 0 Å². The van der Waals surface area contributed by atoms with Crippen LogP contribution in [0.4, 0.5) is 0 Å². The van der Waals surface area contributed by atoms with E-state index in [1.807, 2.05) is 0 Å². The molecule has 5 aliphatic carbocycles. The molecule has 206 valence electrons. The molecule has 0 aromatic carbocycles. The molecular weight excluding hydrogens is 452 g/mol. The summed E-state index contributed by atoms with van der Waals surface area (Å²) in [7, 11) is 0. The summed E-state index contributed by atoms with van der Waals surface area (Å²) in [5.74, 6) is 0.673. The predicted molar refractivity (Wildman–Crippen MR) is 140 cm³/mol. The Balaban J connectivity index is 1.41. The number of aliphatic hydroxyl groups excluding tert-OH is 3. The summed E-state index contributed by atoms with van der Waals surface area (Å²) in [6.07, 6.45) is 7.67. The van der Waals surface area contributed by atoms with E-state index in [4.69, 9.17) is 0 Å². The third-order valence-corrected chi connectivity index (χ3v) is 13.9. The van der Waals surface area contributed by atoms with Crippen molar-refractivity contribution in [3.63, 3.8) is 0 Å². The van der Waals surface area contributed by atoms with E-state index in [-0.39, 0.29) is 45.5 Å². The van der Waals surface area contributed by atoms with Gasteiger partial charge in [0, 0.05) is 11.8 Å². The van der Waals surface area contributed by atoms with E-state index in [0.29, 0.717) is 17.8 Å². The van der Waals surface area contributed by atoms with Crippen molar-refractivity contribution in [3.05, 3.63) is 0 Å². The molecule has 5 saturated carbocycles. The van der Waals surface area contributed by atoms with Gasteiger partial charge in [0.25, 0.3) is 0 Å². The van der Waals surface area contributed by atoms with Gasteiger partial charge >= 0.3 is 5.97 Å². The molecule has 2 spiro atoms. The molecule has 0 radical (unpaired) electrons. The van der Waals surface area contributed by atoms with Gasteiger partial charge in [-0.3, -0.25) is 4.79 Å². The highest BCUT2D eigenvalue weighted by Crippen LogP contribution is 2.89. The second kappa shape index (κ2) is 7.94. The molecule has 4 N–H and O–H groups in total. The number of carboxylic acid groups (broad SMARTS) is 1. The van der Waals surface area contributed by atoms with E-state index in [2.05, 4.69) is 41.5 Å². The fraction of sp³-hybridized carbons (Fsp3) is 0.968. The van der Waals surface area contributed by atoms with Crippen molar-refractivity contribution in [2.24, 2.45) is 56.2 Å². The lowest BCUT2D eigenvalue weighted by Gasteiger charge is -2.63. The lowest BCUT2D eigenvalue weighted by molar-refractivity contribution is -0.210. The molecule has 0 heterocycles. The lowest BCUT2D eigenvalue weighted by atomic mass is 9.41. The highest BCUT2D eigenvalue weighted by Gasteiger charge is 2.85. The summed E-state index contributed by atoms with van der Waals surface area (Å²) < 4.78 is 0. The van der Waals surface area contributed by atoms with Crippen LogP contribution in [-0.4, -0.2) is 44.7 Å². The Morgan fingerprint density at radius 2 is 1.56 bits per heavy atom. The van der Waals surface area contributed by atoms with Crippen LogP contribution >= 0.6 is 0 Å². The van der Waals surface area contributed by atoms with Gasteiger partial charge in [-0.05, 0) is 110 Å². The average molecular weight is 505 g/mol. The van der Waals surface area contributed by atoms with Gasteiger partial charge in [-0.1, -0.05) is 41.5 Å². The monoisotopic (exact) mass is 504 g/mol. The first-order valence-electron chi connectivity index (χ1n) is 14.8. The minimum atomic E-state index is -1.17. The molecule has 5 fully saturated rings. The Morgan fingerprint density at radius 1 is 0.917 bits per heavy atom. The third kappa shape index (κ3) is 3.09. The molecule has 36 heavy (non-hydrogen) atoms. The minimum absolute atomic E-state index is 0.0288. The van der Waals surface area contributed by atoms with Crippen molar-refractivity contribution in [1.29, 1.82) is 0 Å². The predicted octanol–water partition coefficient (Wildman–Crippen LogP) is 5.65. The Kier molecular flexibility index (Phi) is 5.94. The number of hydrogen-bond donors (Lipinski definition) is 4. The largest absolute Gasteiger partial charge is 0.481 e. The van der Waals surface area contributed by atoms with Gasteiger partial charge in [0.2, 0.25) is 0 Å². The Hall–Kier alpha value is -0.650. The molecule has 5 rings (SSSR count). The minimum Gasteiger partial charge on any atom is -0.481 e. The standard InChI is InChI=1S/C31H52O5/c1-18(8-11-22(32)26(2,3)4)19-12-13-28(6)20-9-10-21-29(7,25(35)36)23(33)16-24(34)31(21)17-30(20,31)15-14-27(19,28)5/h18-24,32-34H,8-17H2,1-7H3,(H,35,36)/t18-,19-,20+,21+,22-,23+,24+,27-,28+,29+,30+,31-/m1/s1. The number of carboxylic acids is 1. The number of aliphatic carboxylic acids is 1. The smallest absolute Gasteiger partial charge is 0.312 e. The van der Waals surface area contributed by atoms with Crippen LogP contribution in [0.1, 0.15) is 113 Å². The van der Waals surface area contributed by atoms with Crippen LogP contribution in [0.3, 0.4) is 0 Å². The van der Waals surface area contributed by atoms with E-state index in [1.54, 1.807) is 6.92 Å². The molecule has 0 amide bonds. The van der Waals surface area contributed by atoms with Crippen molar-refractivity contribution in [1.82, 2.24) is 0 Å². The summed E-state index contributed by atoms with van der Waals surface area (Å²) >= 11 is 0. The van der Waals surface area contributed by atoms with Gasteiger partial charge in [-0.25, -0.2) is 0 Å². The molecule has 5 aliphatic rings. The molecule has 0 aromatic rings. The Labute approximate surface area is 218 Å². The van der Waals surface area contributed by atoms with Crippen LogP contribution < -0.4 is 0 Å². The van der Waals surface area contributed by atoms with E-state index in [1.165, 1.54) is 12.8 Å². The van der Waals surface area contributed by atoms with Crippen LogP contribution in [0, 0.1) is 56.2 Å². The van der Waals surface area contributed by atoms with Crippen LogP contribution in [0.25, 0.3) is 0 Å². The van der Waals surface area contributed by atoms with E-state index < -0.39 is 23.6 Å².